The van der Waals surface area contributed by atoms with Crippen molar-refractivity contribution in [3.63, 3.8) is 0 Å². The number of hydrogen-bond acceptors (Lipinski definition) is 3. The van der Waals surface area contributed by atoms with Crippen LogP contribution in [0.3, 0.4) is 0 Å². The Labute approximate surface area is 49.0 Å². The molecule has 7 heavy (non-hydrogen) atoms. The van der Waals surface area contributed by atoms with E-state index in [1.54, 1.807) is 0 Å². The zero-order valence-electron chi connectivity index (χ0n) is 3.44. The van der Waals surface area contributed by atoms with Crippen LogP contribution in [0.25, 0.3) is 0 Å². The summed E-state index contributed by atoms with van der Waals surface area (Å²) in [4.78, 5) is 11.1. The Morgan fingerprint density at radius 2 is 1.86 bits per heavy atom. The summed E-state index contributed by atoms with van der Waals surface area (Å²) in [5.74, 6) is 0. The van der Waals surface area contributed by atoms with Gasteiger partial charge < -0.3 is 0 Å². The van der Waals surface area contributed by atoms with Gasteiger partial charge in [0.2, 0.25) is 0 Å². The second kappa shape index (κ2) is 2.00. The van der Waals surface area contributed by atoms with Gasteiger partial charge in [0.25, 0.3) is 0 Å². The molecule has 0 unspecified atom stereocenters. The van der Waals surface area contributed by atoms with Crippen molar-refractivity contribution in [1.82, 2.24) is 15.0 Å². The molecule has 0 saturated heterocycles. The molecule has 0 amide bonds. The quantitative estimate of drug-likeness (QED) is 0.429. The summed E-state index contributed by atoms with van der Waals surface area (Å²) in [7, 11) is 0. The molecule has 1 heterocycles. The average Bonchev–Trinajstić information content (AvgIpc) is 1.69. The van der Waals surface area contributed by atoms with Crippen molar-refractivity contribution in [3.05, 3.63) is 12.7 Å². The predicted molar refractivity (Wildman–Crippen MR) is 26.6 cm³/mol. The van der Waals surface area contributed by atoms with Crippen LogP contribution < -0.4 is 4.72 Å². The van der Waals surface area contributed by atoms with E-state index in [0.717, 1.165) is 0 Å². The molecule has 0 aromatic carbocycles. The van der Waals surface area contributed by atoms with E-state index in [-0.39, 0.29) is 0 Å². The third-order valence-electron chi connectivity index (χ3n) is 0.480. The molecule has 0 fully saturated rings. The van der Waals surface area contributed by atoms with Crippen LogP contribution in [0.15, 0.2) is 12.7 Å². The Hall–Kier alpha value is -0.471. The van der Waals surface area contributed by atoms with Crippen LogP contribution in [0.4, 0.5) is 0 Å². The summed E-state index contributed by atoms with van der Waals surface area (Å²) < 4.78 is 0.697. The van der Waals surface area contributed by atoms with Gasteiger partial charge in [-0.3, -0.25) is 0 Å². The molecule has 0 aliphatic carbocycles. The zero-order valence-corrected chi connectivity index (χ0v) is 5.32. The van der Waals surface area contributed by atoms with Crippen LogP contribution in [0.1, 0.15) is 0 Å². The summed E-state index contributed by atoms with van der Waals surface area (Å²) in [5, 5.41) is 0. The summed E-state index contributed by atoms with van der Waals surface area (Å²) in [5.41, 5.74) is 0. The molecular weight excluding hydrogens is 157 g/mol. The normalized spacial score (nSPS) is 8.71. The molecule has 0 bridgehead atoms. The Balaban J connectivity index is 3.02. The zero-order chi connectivity index (χ0) is 5.11. The second-order valence-electron chi connectivity index (χ2n) is 0.938. The van der Waals surface area contributed by atoms with Gasteiger partial charge in [-0.15, -0.1) is 0 Å². The van der Waals surface area contributed by atoms with E-state index in [4.69, 9.17) is 0 Å². The molecule has 3 nitrogen and oxygen atoms in total. The van der Waals surface area contributed by atoms with Gasteiger partial charge in [0, 0.05) is 0 Å². The topological polar surface area (TPSA) is 38.7 Å². The van der Waals surface area contributed by atoms with Gasteiger partial charge in [-0.25, -0.2) is 0 Å². The standard InChI is InChI=1S/C3H3N3Se/c7-3-5-1-4-2-6-3/h1-2H,(H,4,5,6,7). The number of nitrogens with zero attached hydrogens (tertiary/aromatic N) is 3. The molecule has 0 saturated carbocycles. The number of rotatable bonds is 0. The maximum absolute atomic E-state index is 3.73. The molecule has 0 N–H and O–H groups in total. The fourth-order valence-corrected chi connectivity index (χ4v) is 0.450. The third kappa shape index (κ3) is 1.21. The van der Waals surface area contributed by atoms with Gasteiger partial charge in [0.05, 0.1) is 0 Å². The molecular formula is C3H3N3Se. The molecule has 36 valence electrons. The van der Waals surface area contributed by atoms with Crippen molar-refractivity contribution >= 4 is 20.7 Å². The molecule has 1 aromatic heterocycles. The third-order valence-corrected chi connectivity index (χ3v) is 0.964. The Kier molecular flexibility index (Phi) is 1.34. The van der Waals surface area contributed by atoms with Crippen molar-refractivity contribution in [1.29, 1.82) is 0 Å². The fraction of sp³-hybridized carbons (Fsp3) is 0. The minimum absolute atomic E-state index is 0.697. The minimum atomic E-state index is 0.697. The Morgan fingerprint density at radius 3 is 2.14 bits per heavy atom. The van der Waals surface area contributed by atoms with Crippen LogP contribution in [0.2, 0.25) is 0 Å². The van der Waals surface area contributed by atoms with E-state index in [9.17, 15) is 0 Å². The van der Waals surface area contributed by atoms with Gasteiger partial charge in [0.1, 0.15) is 0 Å². The Bertz CT molecular complexity index is 140. The first-order valence-electron chi connectivity index (χ1n) is 1.70. The molecule has 1 rings (SSSR count). The summed E-state index contributed by atoms with van der Waals surface area (Å²) in [6, 6.07) is 0. The Morgan fingerprint density at radius 1 is 1.29 bits per heavy atom. The predicted octanol–water partition coefficient (Wildman–Crippen LogP) is -1.60. The van der Waals surface area contributed by atoms with E-state index >= 15 is 0 Å². The van der Waals surface area contributed by atoms with Crippen molar-refractivity contribution in [2.45, 2.75) is 0 Å². The van der Waals surface area contributed by atoms with Crippen LogP contribution in [-0.2, 0) is 0 Å². The SMILES string of the molecule is [SeH]c1ncncn1. The van der Waals surface area contributed by atoms with Crippen molar-refractivity contribution in [2.24, 2.45) is 0 Å². The summed E-state index contributed by atoms with van der Waals surface area (Å²) in [6.45, 7) is 0. The van der Waals surface area contributed by atoms with Gasteiger partial charge >= 0.3 is 48.3 Å². The molecule has 0 spiro atoms. The molecule has 4 heteroatoms. The first-order valence-corrected chi connectivity index (χ1v) is 2.64. The maximum atomic E-state index is 3.73. The van der Waals surface area contributed by atoms with Crippen LogP contribution in [0.5, 0.6) is 0 Å². The van der Waals surface area contributed by atoms with Gasteiger partial charge in [-0.2, -0.15) is 0 Å². The first-order chi connectivity index (χ1) is 3.39. The molecule has 0 aliphatic heterocycles. The first kappa shape index (κ1) is 4.68. The van der Waals surface area contributed by atoms with Crippen LogP contribution in [0, 0.1) is 0 Å². The van der Waals surface area contributed by atoms with Crippen molar-refractivity contribution in [2.75, 3.05) is 0 Å². The van der Waals surface area contributed by atoms with Crippen molar-refractivity contribution < 1.29 is 0 Å². The average molecular weight is 160 g/mol. The summed E-state index contributed by atoms with van der Waals surface area (Å²) >= 11 is 2.23. The van der Waals surface area contributed by atoms with E-state index in [0.29, 0.717) is 4.72 Å². The molecule has 0 radical (unpaired) electrons. The van der Waals surface area contributed by atoms with Gasteiger partial charge in [-0.1, -0.05) is 0 Å². The van der Waals surface area contributed by atoms with Crippen LogP contribution in [-0.4, -0.2) is 31.0 Å². The molecule has 1 aromatic rings. The van der Waals surface area contributed by atoms with Gasteiger partial charge in [0.15, 0.2) is 0 Å². The number of hydrogen-bond donors (Lipinski definition) is 0. The van der Waals surface area contributed by atoms with E-state index in [2.05, 4.69) is 31.0 Å². The van der Waals surface area contributed by atoms with Crippen LogP contribution >= 0.6 is 0 Å². The van der Waals surface area contributed by atoms with Crippen molar-refractivity contribution in [3.8, 4) is 0 Å². The number of aromatic nitrogens is 3. The van der Waals surface area contributed by atoms with Gasteiger partial charge in [-0.05, 0) is 0 Å². The molecule has 0 aliphatic rings. The monoisotopic (exact) mass is 161 g/mol. The summed E-state index contributed by atoms with van der Waals surface area (Å²) in [6.07, 6.45) is 2.92. The van der Waals surface area contributed by atoms with E-state index in [1.165, 1.54) is 12.7 Å². The second-order valence-corrected chi connectivity index (χ2v) is 1.78. The van der Waals surface area contributed by atoms with E-state index in [1.807, 2.05) is 0 Å². The molecule has 0 atom stereocenters. The van der Waals surface area contributed by atoms with E-state index < -0.39 is 0 Å². The fourth-order valence-electron chi connectivity index (χ4n) is 0.233.